The lowest BCUT2D eigenvalue weighted by Gasteiger charge is -2.32. The van der Waals surface area contributed by atoms with Gasteiger partial charge in [-0.1, -0.05) is 35.3 Å². The van der Waals surface area contributed by atoms with E-state index in [2.05, 4.69) is 15.4 Å². The Hall–Kier alpha value is -2.70. The van der Waals surface area contributed by atoms with E-state index >= 15 is 0 Å². The number of nitrogens with zero attached hydrogens (tertiary/aromatic N) is 3. The molecule has 1 N–H and O–H groups in total. The van der Waals surface area contributed by atoms with E-state index in [0.717, 1.165) is 24.1 Å². The van der Waals surface area contributed by atoms with E-state index in [9.17, 15) is 9.18 Å². The fraction of sp³-hybridized carbons (Fsp3) is 0.190. The van der Waals surface area contributed by atoms with Gasteiger partial charge in [0, 0.05) is 23.3 Å². The van der Waals surface area contributed by atoms with Crippen LogP contribution in [-0.2, 0) is 4.79 Å². The second-order valence-corrected chi connectivity index (χ2v) is 7.89. The first kappa shape index (κ1) is 18.3. The summed E-state index contributed by atoms with van der Waals surface area (Å²) in [6, 6.07) is 10.9. The van der Waals surface area contributed by atoms with E-state index in [1.807, 2.05) is 0 Å². The van der Waals surface area contributed by atoms with Crippen molar-refractivity contribution in [1.29, 1.82) is 0 Å². The van der Waals surface area contributed by atoms with Gasteiger partial charge in [-0.05, 0) is 48.7 Å². The largest absolute Gasteiger partial charge is 0.328 e. The average Bonchev–Trinajstić information content (AvgIpc) is 3.13. The molecule has 1 aromatic heterocycles. The van der Waals surface area contributed by atoms with Gasteiger partial charge in [0.1, 0.15) is 11.9 Å². The van der Waals surface area contributed by atoms with Gasteiger partial charge in [-0.2, -0.15) is 4.98 Å². The van der Waals surface area contributed by atoms with Crippen LogP contribution in [0.5, 0.6) is 0 Å². The standard InChI is InChI=1S/C21H15Cl2FN4O/c22-14-9-6-12(10-15(14)23)20-26-21-25-16-2-1-3-17(29)18(16)19(28(21)27-20)11-4-7-13(24)8-5-11/h4-10,19H,1-3H2,(H,25,26,27). The Morgan fingerprint density at radius 1 is 1.07 bits per heavy atom. The second-order valence-electron chi connectivity index (χ2n) is 7.08. The minimum Gasteiger partial charge on any atom is -0.328 e. The highest BCUT2D eigenvalue weighted by atomic mass is 35.5. The Labute approximate surface area is 176 Å². The molecule has 0 fully saturated rings. The number of halogens is 3. The molecule has 0 spiro atoms. The number of benzene rings is 2. The van der Waals surface area contributed by atoms with Crippen molar-refractivity contribution < 1.29 is 9.18 Å². The highest BCUT2D eigenvalue weighted by Crippen LogP contribution is 2.40. The minimum atomic E-state index is -0.460. The SMILES string of the molecule is O=C1CCCC2=C1C(c1ccc(F)cc1)n1nc(-c3ccc(Cl)c(Cl)c3)nc1N2. The van der Waals surface area contributed by atoms with Crippen molar-refractivity contribution in [2.45, 2.75) is 25.3 Å². The van der Waals surface area contributed by atoms with Gasteiger partial charge in [0.05, 0.1) is 10.0 Å². The van der Waals surface area contributed by atoms with Gasteiger partial charge in [0.2, 0.25) is 5.95 Å². The van der Waals surface area contributed by atoms with Gasteiger partial charge >= 0.3 is 0 Å². The first-order valence-electron chi connectivity index (χ1n) is 9.22. The molecule has 0 radical (unpaired) electrons. The number of aromatic nitrogens is 3. The molecule has 29 heavy (non-hydrogen) atoms. The summed E-state index contributed by atoms with van der Waals surface area (Å²) in [5.41, 5.74) is 3.02. The molecule has 5 rings (SSSR count). The summed E-state index contributed by atoms with van der Waals surface area (Å²) in [6.45, 7) is 0. The molecule has 2 aromatic carbocycles. The second kappa shape index (κ2) is 6.97. The van der Waals surface area contributed by atoms with E-state index in [0.29, 0.717) is 39.4 Å². The number of hydrogen-bond acceptors (Lipinski definition) is 4. The lowest BCUT2D eigenvalue weighted by Crippen LogP contribution is -2.31. The van der Waals surface area contributed by atoms with Gasteiger partial charge < -0.3 is 5.32 Å². The third-order valence-corrected chi connectivity index (χ3v) is 5.97. The van der Waals surface area contributed by atoms with Crippen molar-refractivity contribution >= 4 is 34.9 Å². The summed E-state index contributed by atoms with van der Waals surface area (Å²) in [5, 5.41) is 8.79. The monoisotopic (exact) mass is 428 g/mol. The molecule has 1 unspecified atom stereocenters. The van der Waals surface area contributed by atoms with E-state index in [1.54, 1.807) is 35.0 Å². The van der Waals surface area contributed by atoms with Crippen LogP contribution >= 0.6 is 23.2 Å². The molecule has 1 aliphatic heterocycles. The molecule has 1 aliphatic carbocycles. The number of carbonyl (C=O) groups excluding carboxylic acids is 1. The lowest BCUT2D eigenvalue weighted by molar-refractivity contribution is -0.116. The molecule has 3 aromatic rings. The van der Waals surface area contributed by atoms with Crippen LogP contribution < -0.4 is 5.32 Å². The van der Waals surface area contributed by atoms with Crippen molar-refractivity contribution in [2.75, 3.05) is 5.32 Å². The Morgan fingerprint density at radius 2 is 1.86 bits per heavy atom. The summed E-state index contributed by atoms with van der Waals surface area (Å²) in [5.74, 6) is 0.742. The molecule has 5 nitrogen and oxygen atoms in total. The van der Waals surface area contributed by atoms with Crippen molar-refractivity contribution in [1.82, 2.24) is 14.8 Å². The summed E-state index contributed by atoms with van der Waals surface area (Å²) >= 11 is 12.2. The number of Topliss-reactive ketones (excluding diaryl/α,β-unsaturated/α-hetero) is 1. The van der Waals surface area contributed by atoms with Crippen molar-refractivity contribution in [3.8, 4) is 11.4 Å². The topological polar surface area (TPSA) is 59.8 Å². The Bertz CT molecular complexity index is 1170. The molecule has 2 aliphatic rings. The van der Waals surface area contributed by atoms with E-state index < -0.39 is 6.04 Å². The van der Waals surface area contributed by atoms with Crippen molar-refractivity contribution in [3.63, 3.8) is 0 Å². The van der Waals surface area contributed by atoms with Crippen LogP contribution in [-0.4, -0.2) is 20.5 Å². The lowest BCUT2D eigenvalue weighted by atomic mass is 9.85. The highest BCUT2D eigenvalue weighted by molar-refractivity contribution is 6.42. The number of ketones is 1. The maximum Gasteiger partial charge on any atom is 0.226 e. The molecule has 0 saturated heterocycles. The van der Waals surface area contributed by atoms with E-state index in [-0.39, 0.29) is 11.6 Å². The Morgan fingerprint density at radius 3 is 2.62 bits per heavy atom. The van der Waals surface area contributed by atoms with Crippen LogP contribution in [0.4, 0.5) is 10.3 Å². The van der Waals surface area contributed by atoms with Crippen molar-refractivity contribution in [3.05, 3.63) is 75.2 Å². The average molecular weight is 429 g/mol. The minimum absolute atomic E-state index is 0.0744. The number of hydrogen-bond donors (Lipinski definition) is 1. The quantitative estimate of drug-likeness (QED) is 0.592. The predicted octanol–water partition coefficient (Wildman–Crippen LogP) is 5.41. The third-order valence-electron chi connectivity index (χ3n) is 5.23. The summed E-state index contributed by atoms with van der Waals surface area (Å²) in [4.78, 5) is 17.4. The van der Waals surface area contributed by atoms with E-state index in [1.165, 1.54) is 12.1 Å². The first-order valence-corrected chi connectivity index (χ1v) is 9.97. The van der Waals surface area contributed by atoms with Crippen LogP contribution in [0.3, 0.4) is 0 Å². The number of anilines is 1. The molecule has 8 heteroatoms. The molecule has 146 valence electrons. The van der Waals surface area contributed by atoms with Crippen LogP contribution in [0.2, 0.25) is 10.0 Å². The molecule has 0 bridgehead atoms. The summed E-state index contributed by atoms with van der Waals surface area (Å²) in [7, 11) is 0. The zero-order chi connectivity index (χ0) is 20.1. The molecule has 0 saturated carbocycles. The summed E-state index contributed by atoms with van der Waals surface area (Å²) < 4.78 is 15.2. The smallest absolute Gasteiger partial charge is 0.226 e. The third kappa shape index (κ3) is 3.12. The maximum absolute atomic E-state index is 13.5. The first-order chi connectivity index (χ1) is 14.0. The molecule has 0 amide bonds. The fourth-order valence-electron chi connectivity index (χ4n) is 3.87. The summed E-state index contributed by atoms with van der Waals surface area (Å²) in [6.07, 6.45) is 2.03. The van der Waals surface area contributed by atoms with Gasteiger partial charge in [-0.3, -0.25) is 4.79 Å². The Balaban J connectivity index is 1.67. The van der Waals surface area contributed by atoms with Gasteiger partial charge in [-0.25, -0.2) is 9.07 Å². The molecular weight excluding hydrogens is 414 g/mol. The van der Waals surface area contributed by atoms with E-state index in [4.69, 9.17) is 23.2 Å². The van der Waals surface area contributed by atoms with Gasteiger partial charge in [0.15, 0.2) is 11.6 Å². The van der Waals surface area contributed by atoms with Crippen LogP contribution in [0, 0.1) is 5.82 Å². The van der Waals surface area contributed by atoms with Crippen LogP contribution in [0.15, 0.2) is 53.7 Å². The zero-order valence-corrected chi connectivity index (χ0v) is 16.6. The number of carbonyl (C=O) groups is 1. The maximum atomic E-state index is 13.5. The number of nitrogens with one attached hydrogen (secondary N) is 1. The highest BCUT2D eigenvalue weighted by Gasteiger charge is 2.36. The van der Waals surface area contributed by atoms with Crippen LogP contribution in [0.25, 0.3) is 11.4 Å². The molecule has 2 heterocycles. The van der Waals surface area contributed by atoms with Crippen molar-refractivity contribution in [2.24, 2.45) is 0 Å². The molecular formula is C21H15Cl2FN4O. The number of allylic oxidation sites excluding steroid dienone is 2. The normalized spacial score (nSPS) is 18.3. The Kier molecular flexibility index (Phi) is 4.41. The number of fused-ring (bicyclic) bond motifs is 1. The van der Waals surface area contributed by atoms with Gasteiger partial charge in [0.25, 0.3) is 0 Å². The molecule has 1 atom stereocenters. The van der Waals surface area contributed by atoms with Gasteiger partial charge in [-0.15, -0.1) is 5.10 Å². The number of rotatable bonds is 2. The fourth-order valence-corrected chi connectivity index (χ4v) is 4.17. The predicted molar refractivity (Wildman–Crippen MR) is 110 cm³/mol. The zero-order valence-electron chi connectivity index (χ0n) is 15.1. The van der Waals surface area contributed by atoms with Crippen LogP contribution in [0.1, 0.15) is 30.9 Å².